The zero-order valence-corrected chi connectivity index (χ0v) is 10.9. The Morgan fingerprint density at radius 2 is 2.00 bits per heavy atom. The molecular weight excluding hydrogens is 202 g/mol. The minimum atomic E-state index is 0.0270. The number of nitrogens with two attached hydrogens (primary N) is 1. The molecule has 4 nitrogen and oxygen atoms in total. The van der Waals surface area contributed by atoms with Gasteiger partial charge in [-0.05, 0) is 46.4 Å². The van der Waals surface area contributed by atoms with Crippen molar-refractivity contribution in [2.45, 2.75) is 44.8 Å². The molecule has 1 saturated heterocycles. The lowest BCUT2D eigenvalue weighted by Gasteiger charge is -2.40. The van der Waals surface area contributed by atoms with E-state index in [0.29, 0.717) is 6.04 Å². The molecule has 2 atom stereocenters. The summed E-state index contributed by atoms with van der Waals surface area (Å²) in [4.78, 5) is 4.75. The molecule has 0 aromatic heterocycles. The third kappa shape index (κ3) is 3.42. The molecule has 3 N–H and O–H groups in total. The minimum absolute atomic E-state index is 0.0270. The smallest absolute Gasteiger partial charge is 0.0601 e. The summed E-state index contributed by atoms with van der Waals surface area (Å²) in [7, 11) is 2.09. The fraction of sp³-hybridized carbons (Fsp3) is 1.00. The van der Waals surface area contributed by atoms with Gasteiger partial charge in [0.25, 0.3) is 0 Å². The Kier molecular flexibility index (Phi) is 5.69. The summed E-state index contributed by atoms with van der Waals surface area (Å²) in [6.07, 6.45) is 2.38. The monoisotopic (exact) mass is 229 g/mol. The number of hydrogen-bond acceptors (Lipinski definition) is 4. The number of nitrogens with zero attached hydrogens (tertiary/aromatic N) is 2. The Bertz CT molecular complexity index is 191. The second-order valence-electron chi connectivity index (χ2n) is 4.94. The molecule has 1 rings (SSSR count). The predicted octanol–water partition coefficient (Wildman–Crippen LogP) is 0.111. The highest BCUT2D eigenvalue weighted by molar-refractivity contribution is 4.85. The molecule has 16 heavy (non-hydrogen) atoms. The van der Waals surface area contributed by atoms with Crippen LogP contribution in [0.2, 0.25) is 0 Å². The molecule has 0 radical (unpaired) electrons. The Morgan fingerprint density at radius 1 is 1.44 bits per heavy atom. The lowest BCUT2D eigenvalue weighted by molar-refractivity contribution is 0.0590. The van der Waals surface area contributed by atoms with Gasteiger partial charge in [-0.15, -0.1) is 0 Å². The van der Waals surface area contributed by atoms with Crippen molar-refractivity contribution in [2.75, 3.05) is 33.3 Å². The van der Waals surface area contributed by atoms with Crippen LogP contribution in [-0.2, 0) is 0 Å². The van der Waals surface area contributed by atoms with E-state index in [1.54, 1.807) is 0 Å². The zero-order chi connectivity index (χ0) is 12.1. The molecule has 0 aromatic carbocycles. The summed E-state index contributed by atoms with van der Waals surface area (Å²) in [5.41, 5.74) is 5.90. The van der Waals surface area contributed by atoms with Crippen molar-refractivity contribution in [1.82, 2.24) is 9.80 Å². The van der Waals surface area contributed by atoms with Crippen LogP contribution < -0.4 is 5.73 Å². The summed E-state index contributed by atoms with van der Waals surface area (Å²) in [6.45, 7) is 7.82. The molecule has 1 aliphatic rings. The zero-order valence-electron chi connectivity index (χ0n) is 10.9. The van der Waals surface area contributed by atoms with E-state index in [1.807, 2.05) is 6.92 Å². The van der Waals surface area contributed by atoms with Crippen molar-refractivity contribution in [3.05, 3.63) is 0 Å². The van der Waals surface area contributed by atoms with Crippen molar-refractivity contribution in [3.8, 4) is 0 Å². The normalized spacial score (nSPS) is 23.6. The standard InChI is InChI=1S/C12H27N3O/c1-4-15-7-5-11(6-8-15)14(3)12(9-16)10(2)13/h10-12,16H,4-9,13H2,1-3H3. The summed E-state index contributed by atoms with van der Waals surface area (Å²) in [5.74, 6) is 0. The van der Waals surface area contributed by atoms with E-state index in [9.17, 15) is 5.11 Å². The summed E-state index contributed by atoms with van der Waals surface area (Å²) >= 11 is 0. The third-order valence-corrected chi connectivity index (χ3v) is 3.90. The summed E-state index contributed by atoms with van der Waals surface area (Å²) in [5, 5.41) is 9.36. The molecule has 1 heterocycles. The van der Waals surface area contributed by atoms with Gasteiger partial charge in [0.05, 0.1) is 6.61 Å². The SMILES string of the molecule is CCN1CCC(N(C)C(CO)C(C)N)CC1. The fourth-order valence-electron chi connectivity index (χ4n) is 2.58. The van der Waals surface area contributed by atoms with Crippen LogP contribution in [0.3, 0.4) is 0 Å². The molecule has 0 bridgehead atoms. The van der Waals surface area contributed by atoms with Crippen LogP contribution >= 0.6 is 0 Å². The second-order valence-corrected chi connectivity index (χ2v) is 4.94. The maximum absolute atomic E-state index is 9.36. The van der Waals surface area contributed by atoms with E-state index in [0.717, 1.165) is 6.54 Å². The lowest BCUT2D eigenvalue weighted by atomic mass is 10.00. The average molecular weight is 229 g/mol. The highest BCUT2D eigenvalue weighted by Crippen LogP contribution is 2.17. The molecule has 0 amide bonds. The van der Waals surface area contributed by atoms with Crippen molar-refractivity contribution in [3.63, 3.8) is 0 Å². The topological polar surface area (TPSA) is 52.7 Å². The number of aliphatic hydroxyl groups is 1. The Labute approximate surface area is 99.4 Å². The maximum atomic E-state index is 9.36. The number of hydrogen-bond donors (Lipinski definition) is 2. The Hall–Kier alpha value is -0.160. The van der Waals surface area contributed by atoms with Crippen LogP contribution in [-0.4, -0.2) is 66.3 Å². The lowest BCUT2D eigenvalue weighted by Crippen LogP contribution is -2.53. The first kappa shape index (κ1) is 13.9. The average Bonchev–Trinajstić information content (AvgIpc) is 2.29. The van der Waals surface area contributed by atoms with Gasteiger partial charge in [0, 0.05) is 18.1 Å². The molecule has 2 unspecified atom stereocenters. The summed E-state index contributed by atoms with van der Waals surface area (Å²) < 4.78 is 0. The van der Waals surface area contributed by atoms with Gasteiger partial charge in [-0.3, -0.25) is 4.90 Å². The first-order valence-electron chi connectivity index (χ1n) is 6.40. The number of likely N-dealkylation sites (N-methyl/N-ethyl adjacent to an activating group) is 1. The van der Waals surface area contributed by atoms with Gasteiger partial charge >= 0.3 is 0 Å². The van der Waals surface area contributed by atoms with E-state index < -0.39 is 0 Å². The predicted molar refractivity (Wildman–Crippen MR) is 67.4 cm³/mol. The first-order chi connectivity index (χ1) is 7.60. The minimum Gasteiger partial charge on any atom is -0.395 e. The first-order valence-corrected chi connectivity index (χ1v) is 6.40. The van der Waals surface area contributed by atoms with Gasteiger partial charge in [-0.25, -0.2) is 0 Å². The molecule has 0 aliphatic carbocycles. The van der Waals surface area contributed by atoms with Crippen LogP contribution in [0.1, 0.15) is 26.7 Å². The second kappa shape index (κ2) is 6.55. The summed E-state index contributed by atoms with van der Waals surface area (Å²) in [6, 6.07) is 0.698. The van der Waals surface area contributed by atoms with Gasteiger partial charge < -0.3 is 15.7 Å². The molecular formula is C12H27N3O. The highest BCUT2D eigenvalue weighted by atomic mass is 16.3. The molecule has 1 fully saturated rings. The van der Waals surface area contributed by atoms with Crippen molar-refractivity contribution < 1.29 is 5.11 Å². The maximum Gasteiger partial charge on any atom is 0.0601 e. The van der Waals surface area contributed by atoms with E-state index in [2.05, 4.69) is 23.8 Å². The van der Waals surface area contributed by atoms with E-state index in [-0.39, 0.29) is 18.7 Å². The molecule has 96 valence electrons. The molecule has 4 heteroatoms. The van der Waals surface area contributed by atoms with Crippen LogP contribution in [0.25, 0.3) is 0 Å². The van der Waals surface area contributed by atoms with Gasteiger partial charge in [-0.1, -0.05) is 6.92 Å². The number of piperidine rings is 1. The molecule has 1 aliphatic heterocycles. The molecule has 0 aromatic rings. The number of aliphatic hydroxyl groups excluding tert-OH is 1. The molecule has 0 spiro atoms. The van der Waals surface area contributed by atoms with Crippen molar-refractivity contribution in [1.29, 1.82) is 0 Å². The Balaban J connectivity index is 2.45. The molecule has 0 saturated carbocycles. The highest BCUT2D eigenvalue weighted by Gasteiger charge is 2.27. The van der Waals surface area contributed by atoms with Crippen LogP contribution in [0.15, 0.2) is 0 Å². The van der Waals surface area contributed by atoms with E-state index >= 15 is 0 Å². The number of likely N-dealkylation sites (tertiary alicyclic amines) is 1. The largest absolute Gasteiger partial charge is 0.395 e. The van der Waals surface area contributed by atoms with Crippen LogP contribution in [0.4, 0.5) is 0 Å². The van der Waals surface area contributed by atoms with Gasteiger partial charge in [0.15, 0.2) is 0 Å². The van der Waals surface area contributed by atoms with Crippen LogP contribution in [0.5, 0.6) is 0 Å². The van der Waals surface area contributed by atoms with Crippen molar-refractivity contribution >= 4 is 0 Å². The van der Waals surface area contributed by atoms with Gasteiger partial charge in [-0.2, -0.15) is 0 Å². The van der Waals surface area contributed by atoms with E-state index in [4.69, 9.17) is 5.73 Å². The quantitative estimate of drug-likeness (QED) is 0.702. The van der Waals surface area contributed by atoms with Crippen molar-refractivity contribution in [2.24, 2.45) is 5.73 Å². The van der Waals surface area contributed by atoms with Gasteiger partial charge in [0.2, 0.25) is 0 Å². The number of rotatable bonds is 5. The van der Waals surface area contributed by atoms with E-state index in [1.165, 1.54) is 25.9 Å². The van der Waals surface area contributed by atoms with Crippen LogP contribution in [0, 0.1) is 0 Å². The third-order valence-electron chi connectivity index (χ3n) is 3.90. The Morgan fingerprint density at radius 3 is 2.38 bits per heavy atom. The fourth-order valence-corrected chi connectivity index (χ4v) is 2.58. The van der Waals surface area contributed by atoms with Gasteiger partial charge in [0.1, 0.15) is 0 Å².